The molecule has 1 fully saturated rings. The molecule has 0 radical (unpaired) electrons. The highest BCUT2D eigenvalue weighted by molar-refractivity contribution is 8.00. The molecular formula is C22H21ClF2N4O3S. The number of alkyl halides is 2. The van der Waals surface area contributed by atoms with Crippen LogP contribution < -0.4 is 10.1 Å². The highest BCUT2D eigenvalue weighted by atomic mass is 35.5. The normalized spacial score (nSPS) is 14.5. The van der Waals surface area contributed by atoms with Crippen molar-refractivity contribution >= 4 is 45.9 Å². The standard InChI is InChI=1S/C22H21ClF2N4O3S/c23-16-11-14(5-6-18(16)32-22(24)25)26-20(30)13-33-21-15-3-1-2-4-17(15)27-19(28-21)12-29-7-9-31-10-8-29/h1-6,11,22H,7-10,12-13H2,(H,26,30). The van der Waals surface area contributed by atoms with Crippen molar-refractivity contribution in [2.75, 3.05) is 37.4 Å². The molecule has 7 nitrogen and oxygen atoms in total. The molecule has 33 heavy (non-hydrogen) atoms. The molecule has 0 saturated carbocycles. The molecule has 1 amide bonds. The summed E-state index contributed by atoms with van der Waals surface area (Å²) in [6.45, 7) is 0.660. The molecule has 1 aliphatic rings. The number of aromatic nitrogens is 2. The molecule has 174 valence electrons. The number of nitrogens with one attached hydrogen (secondary N) is 1. The number of nitrogens with zero attached hydrogens (tertiary/aromatic N) is 3. The number of para-hydroxylation sites is 1. The summed E-state index contributed by atoms with van der Waals surface area (Å²) in [4.78, 5) is 24.1. The number of benzene rings is 2. The van der Waals surface area contributed by atoms with Gasteiger partial charge in [-0.1, -0.05) is 41.6 Å². The first-order chi connectivity index (χ1) is 16.0. The van der Waals surface area contributed by atoms with Crippen LogP contribution in [0.4, 0.5) is 14.5 Å². The Kier molecular flexibility index (Phi) is 7.92. The van der Waals surface area contributed by atoms with Crippen LogP contribution in [0.25, 0.3) is 10.9 Å². The van der Waals surface area contributed by atoms with Gasteiger partial charge in [-0.15, -0.1) is 0 Å². The first-order valence-electron chi connectivity index (χ1n) is 10.2. The third-order valence-electron chi connectivity index (χ3n) is 4.85. The number of carbonyl (C=O) groups excluding carboxylic acids is 1. The van der Waals surface area contributed by atoms with Crippen molar-refractivity contribution in [3.63, 3.8) is 0 Å². The van der Waals surface area contributed by atoms with Crippen LogP contribution in [0.2, 0.25) is 5.02 Å². The van der Waals surface area contributed by atoms with Crippen molar-refractivity contribution in [1.29, 1.82) is 0 Å². The van der Waals surface area contributed by atoms with Crippen molar-refractivity contribution < 1.29 is 23.0 Å². The number of carbonyl (C=O) groups is 1. The SMILES string of the molecule is O=C(CSc1nc(CN2CCOCC2)nc2ccccc12)Nc1ccc(OC(F)F)c(Cl)c1. The molecule has 0 bridgehead atoms. The fourth-order valence-electron chi connectivity index (χ4n) is 3.33. The second-order valence-corrected chi connectivity index (χ2v) is 8.58. The second-order valence-electron chi connectivity index (χ2n) is 7.21. The number of halogens is 3. The predicted octanol–water partition coefficient (Wildman–Crippen LogP) is 4.45. The molecular weight excluding hydrogens is 474 g/mol. The van der Waals surface area contributed by atoms with Crippen molar-refractivity contribution in [3.05, 3.63) is 53.3 Å². The molecule has 4 rings (SSSR count). The zero-order valence-electron chi connectivity index (χ0n) is 17.5. The van der Waals surface area contributed by atoms with E-state index in [1.165, 1.54) is 30.0 Å². The molecule has 11 heteroatoms. The number of amides is 1. The molecule has 2 aromatic carbocycles. The van der Waals surface area contributed by atoms with Gasteiger partial charge in [0.2, 0.25) is 5.91 Å². The van der Waals surface area contributed by atoms with Crippen LogP contribution in [-0.2, 0) is 16.1 Å². The number of rotatable bonds is 8. The molecule has 1 saturated heterocycles. The summed E-state index contributed by atoms with van der Waals surface area (Å²) in [5, 5.41) is 4.28. The van der Waals surface area contributed by atoms with Gasteiger partial charge in [-0.3, -0.25) is 9.69 Å². The second kappa shape index (κ2) is 11.1. The first kappa shape index (κ1) is 23.6. The number of ether oxygens (including phenoxy) is 2. The van der Waals surface area contributed by atoms with Crippen LogP contribution in [0.5, 0.6) is 5.75 Å². The van der Waals surface area contributed by atoms with E-state index in [9.17, 15) is 13.6 Å². The van der Waals surface area contributed by atoms with Gasteiger partial charge >= 0.3 is 6.61 Å². The van der Waals surface area contributed by atoms with Crippen molar-refractivity contribution in [3.8, 4) is 5.75 Å². The van der Waals surface area contributed by atoms with Crippen LogP contribution in [0.3, 0.4) is 0 Å². The van der Waals surface area contributed by atoms with Gasteiger partial charge in [-0.2, -0.15) is 8.78 Å². The fraction of sp³-hybridized carbons (Fsp3) is 0.318. The van der Waals surface area contributed by atoms with E-state index >= 15 is 0 Å². The molecule has 0 spiro atoms. The van der Waals surface area contributed by atoms with E-state index in [0.717, 1.165) is 29.0 Å². The van der Waals surface area contributed by atoms with Crippen LogP contribution in [0.15, 0.2) is 47.5 Å². The quantitative estimate of drug-likeness (QED) is 0.366. The summed E-state index contributed by atoms with van der Waals surface area (Å²) in [5.41, 5.74) is 1.20. The van der Waals surface area contributed by atoms with Gasteiger partial charge in [0.25, 0.3) is 0 Å². The zero-order valence-corrected chi connectivity index (χ0v) is 19.0. The summed E-state index contributed by atoms with van der Waals surface area (Å²) < 4.78 is 34.4. The van der Waals surface area contributed by atoms with Crippen LogP contribution in [0, 0.1) is 0 Å². The molecule has 2 heterocycles. The zero-order chi connectivity index (χ0) is 23.2. The van der Waals surface area contributed by atoms with E-state index in [1.54, 1.807) is 0 Å². The Labute approximate surface area is 198 Å². The monoisotopic (exact) mass is 494 g/mol. The molecule has 3 aromatic rings. The van der Waals surface area contributed by atoms with E-state index < -0.39 is 6.61 Å². The summed E-state index contributed by atoms with van der Waals surface area (Å²) in [5.74, 6) is 0.362. The number of hydrogen-bond donors (Lipinski definition) is 1. The third kappa shape index (κ3) is 6.50. The maximum atomic E-state index is 12.5. The van der Waals surface area contributed by atoms with Gasteiger partial charge in [-0.25, -0.2) is 9.97 Å². The van der Waals surface area contributed by atoms with Gasteiger partial charge < -0.3 is 14.8 Å². The lowest BCUT2D eigenvalue weighted by molar-refractivity contribution is -0.113. The molecule has 1 aromatic heterocycles. The minimum atomic E-state index is -2.98. The van der Waals surface area contributed by atoms with Gasteiger partial charge in [0.05, 0.1) is 36.1 Å². The van der Waals surface area contributed by atoms with Gasteiger partial charge in [0, 0.05) is 24.2 Å². The molecule has 0 atom stereocenters. The lowest BCUT2D eigenvalue weighted by Crippen LogP contribution is -2.36. The largest absolute Gasteiger partial charge is 0.433 e. The Bertz CT molecular complexity index is 1130. The average molecular weight is 495 g/mol. The van der Waals surface area contributed by atoms with E-state index in [4.69, 9.17) is 21.3 Å². The number of thioether (sulfide) groups is 1. The highest BCUT2D eigenvalue weighted by Crippen LogP contribution is 2.30. The summed E-state index contributed by atoms with van der Waals surface area (Å²) in [7, 11) is 0. The topological polar surface area (TPSA) is 76.6 Å². The van der Waals surface area contributed by atoms with Crippen molar-refractivity contribution in [2.45, 2.75) is 18.2 Å². The summed E-state index contributed by atoms with van der Waals surface area (Å²) in [6.07, 6.45) is 0. The van der Waals surface area contributed by atoms with Crippen LogP contribution in [-0.4, -0.2) is 59.4 Å². The smallest absolute Gasteiger partial charge is 0.387 e. The first-order valence-corrected chi connectivity index (χ1v) is 11.6. The van der Waals surface area contributed by atoms with E-state index in [1.807, 2.05) is 24.3 Å². The Morgan fingerprint density at radius 2 is 2.00 bits per heavy atom. The molecule has 1 N–H and O–H groups in total. The number of anilines is 1. The highest BCUT2D eigenvalue weighted by Gasteiger charge is 2.16. The van der Waals surface area contributed by atoms with Gasteiger partial charge in [-0.05, 0) is 24.3 Å². The molecule has 0 unspecified atom stereocenters. The number of morpholine rings is 1. The maximum Gasteiger partial charge on any atom is 0.387 e. The third-order valence-corrected chi connectivity index (χ3v) is 6.14. The summed E-state index contributed by atoms with van der Waals surface area (Å²) in [6, 6.07) is 11.8. The Hall–Kier alpha value is -2.53. The number of hydrogen-bond acceptors (Lipinski definition) is 7. The Balaban J connectivity index is 1.43. The summed E-state index contributed by atoms with van der Waals surface area (Å²) >= 11 is 7.26. The van der Waals surface area contributed by atoms with E-state index in [0.29, 0.717) is 31.3 Å². The fourth-order valence-corrected chi connectivity index (χ4v) is 4.40. The van der Waals surface area contributed by atoms with Crippen LogP contribution in [0.1, 0.15) is 5.82 Å². The Morgan fingerprint density at radius 1 is 1.21 bits per heavy atom. The van der Waals surface area contributed by atoms with Gasteiger partial charge in [0.15, 0.2) is 0 Å². The maximum absolute atomic E-state index is 12.5. The van der Waals surface area contributed by atoms with Crippen LogP contribution >= 0.6 is 23.4 Å². The lowest BCUT2D eigenvalue weighted by atomic mass is 10.2. The molecule has 0 aliphatic carbocycles. The number of fused-ring (bicyclic) bond motifs is 1. The Morgan fingerprint density at radius 3 is 2.76 bits per heavy atom. The minimum Gasteiger partial charge on any atom is -0.433 e. The molecule has 1 aliphatic heterocycles. The van der Waals surface area contributed by atoms with Crippen molar-refractivity contribution in [1.82, 2.24) is 14.9 Å². The predicted molar refractivity (Wildman–Crippen MR) is 123 cm³/mol. The average Bonchev–Trinajstić information content (AvgIpc) is 2.80. The van der Waals surface area contributed by atoms with E-state index in [2.05, 4.69) is 19.9 Å². The van der Waals surface area contributed by atoms with Gasteiger partial charge in [0.1, 0.15) is 16.6 Å². The lowest BCUT2D eigenvalue weighted by Gasteiger charge is -2.25. The minimum absolute atomic E-state index is 0.0182. The van der Waals surface area contributed by atoms with Crippen molar-refractivity contribution in [2.24, 2.45) is 0 Å². The van der Waals surface area contributed by atoms with E-state index in [-0.39, 0.29) is 22.4 Å².